The van der Waals surface area contributed by atoms with E-state index in [0.29, 0.717) is 29.2 Å². The summed E-state index contributed by atoms with van der Waals surface area (Å²) in [5.41, 5.74) is 3.56. The maximum absolute atomic E-state index is 11.1. The van der Waals surface area contributed by atoms with Crippen LogP contribution in [0.5, 0.6) is 23.0 Å². The van der Waals surface area contributed by atoms with Crippen molar-refractivity contribution in [1.82, 2.24) is 0 Å². The SMILES string of the molecule is COCOc1cc(/C=C/c2cc3c(c(OC)c2)O[C@]2(C)CC[C@@H](O)C(C)(C)[C@H]2C3)cc(OCOC)c1/C=C/c1ccc([N+](=O)[O-])cc1. The summed E-state index contributed by atoms with van der Waals surface area (Å²) in [6, 6.07) is 14.1. The Balaban J connectivity index is 1.49. The summed E-state index contributed by atoms with van der Waals surface area (Å²) < 4.78 is 34.8. The van der Waals surface area contributed by atoms with Gasteiger partial charge in [0.15, 0.2) is 25.1 Å². The van der Waals surface area contributed by atoms with Gasteiger partial charge in [0.2, 0.25) is 0 Å². The molecule has 1 aliphatic carbocycles. The Labute approximate surface area is 275 Å². The fourth-order valence-corrected chi connectivity index (χ4v) is 6.69. The monoisotopic (exact) mass is 645 g/mol. The molecule has 0 aromatic heterocycles. The van der Waals surface area contributed by atoms with Crippen LogP contribution in [-0.2, 0) is 15.9 Å². The maximum Gasteiger partial charge on any atom is 0.269 e. The number of benzene rings is 3. The fraction of sp³-hybridized carbons (Fsp3) is 0.405. The van der Waals surface area contributed by atoms with E-state index in [4.69, 9.17) is 28.4 Å². The van der Waals surface area contributed by atoms with E-state index < -0.39 is 4.92 Å². The van der Waals surface area contributed by atoms with Crippen molar-refractivity contribution in [1.29, 1.82) is 0 Å². The Morgan fingerprint density at radius 2 is 1.45 bits per heavy atom. The Morgan fingerprint density at radius 1 is 0.872 bits per heavy atom. The predicted molar refractivity (Wildman–Crippen MR) is 181 cm³/mol. The zero-order valence-corrected chi connectivity index (χ0v) is 27.8. The number of non-ortho nitro benzene ring substituents is 1. The van der Waals surface area contributed by atoms with Crippen LogP contribution in [-0.4, -0.2) is 56.7 Å². The van der Waals surface area contributed by atoms with Crippen molar-refractivity contribution in [3.05, 3.63) is 86.5 Å². The second kappa shape index (κ2) is 14.2. The third-order valence-corrected chi connectivity index (χ3v) is 9.35. The van der Waals surface area contributed by atoms with Crippen LogP contribution in [0.2, 0.25) is 0 Å². The van der Waals surface area contributed by atoms with Crippen molar-refractivity contribution in [3.63, 3.8) is 0 Å². The Kier molecular flexibility index (Phi) is 10.2. The van der Waals surface area contributed by atoms with Gasteiger partial charge in [-0.15, -0.1) is 0 Å². The summed E-state index contributed by atoms with van der Waals surface area (Å²) in [5, 5.41) is 21.9. The van der Waals surface area contributed by atoms with Crippen LogP contribution >= 0.6 is 0 Å². The minimum Gasteiger partial charge on any atom is -0.493 e. The number of hydrogen-bond donors (Lipinski definition) is 1. The first-order chi connectivity index (χ1) is 22.5. The molecule has 3 aromatic carbocycles. The topological polar surface area (TPSA) is 119 Å². The molecule has 0 unspecified atom stereocenters. The number of aliphatic hydroxyl groups is 1. The first-order valence-corrected chi connectivity index (χ1v) is 15.6. The molecular formula is C37H43NO9. The number of nitrogens with zero attached hydrogens (tertiary/aromatic N) is 1. The van der Waals surface area contributed by atoms with Crippen molar-refractivity contribution in [3.8, 4) is 23.0 Å². The van der Waals surface area contributed by atoms with Crippen molar-refractivity contribution in [2.75, 3.05) is 34.9 Å². The van der Waals surface area contributed by atoms with E-state index >= 15 is 0 Å². The predicted octanol–water partition coefficient (Wildman–Crippen LogP) is 7.40. The number of fused-ring (bicyclic) bond motifs is 2. The molecule has 5 rings (SSSR count). The highest BCUT2D eigenvalue weighted by atomic mass is 16.7. The fourth-order valence-electron chi connectivity index (χ4n) is 6.69. The van der Waals surface area contributed by atoms with Gasteiger partial charge in [0.05, 0.1) is 23.7 Å². The average molecular weight is 646 g/mol. The number of aliphatic hydroxyl groups excluding tert-OH is 1. The van der Waals surface area contributed by atoms with E-state index in [-0.39, 0.29) is 42.3 Å². The summed E-state index contributed by atoms with van der Waals surface area (Å²) in [7, 11) is 4.74. The lowest BCUT2D eigenvalue weighted by molar-refractivity contribution is -0.384. The molecule has 10 heteroatoms. The summed E-state index contributed by atoms with van der Waals surface area (Å²) in [6.45, 7) is 6.45. The smallest absolute Gasteiger partial charge is 0.269 e. The summed E-state index contributed by atoms with van der Waals surface area (Å²) >= 11 is 0. The Bertz CT molecular complexity index is 1620. The van der Waals surface area contributed by atoms with Gasteiger partial charge in [-0.3, -0.25) is 10.1 Å². The second-order valence-corrected chi connectivity index (χ2v) is 12.8. The van der Waals surface area contributed by atoms with Crippen LogP contribution in [0, 0.1) is 21.4 Å². The number of ether oxygens (including phenoxy) is 6. The van der Waals surface area contributed by atoms with Gasteiger partial charge in [-0.05, 0) is 96.3 Å². The largest absolute Gasteiger partial charge is 0.493 e. The maximum atomic E-state index is 11.1. The molecule has 47 heavy (non-hydrogen) atoms. The lowest BCUT2D eigenvalue weighted by Gasteiger charge is -2.55. The quantitative estimate of drug-likeness (QED) is 0.0930. The van der Waals surface area contributed by atoms with E-state index in [0.717, 1.165) is 40.8 Å². The van der Waals surface area contributed by atoms with Gasteiger partial charge in [0, 0.05) is 32.3 Å². The minimum absolute atomic E-state index is 0.0163. The minimum atomic E-state index is -0.431. The normalized spacial score (nSPS) is 21.6. The van der Waals surface area contributed by atoms with Crippen molar-refractivity contribution < 1.29 is 38.5 Å². The summed E-state index contributed by atoms with van der Waals surface area (Å²) in [6.07, 6.45) is 9.50. The molecule has 0 spiro atoms. The molecular weight excluding hydrogens is 602 g/mol. The highest BCUT2D eigenvalue weighted by Crippen LogP contribution is 2.55. The Morgan fingerprint density at radius 3 is 2.02 bits per heavy atom. The number of rotatable bonds is 12. The second-order valence-electron chi connectivity index (χ2n) is 12.8. The molecule has 1 heterocycles. The van der Waals surface area contributed by atoms with Gasteiger partial charge in [0.1, 0.15) is 17.1 Å². The van der Waals surface area contributed by atoms with Gasteiger partial charge in [-0.2, -0.15) is 0 Å². The van der Waals surface area contributed by atoms with E-state index in [1.807, 2.05) is 42.5 Å². The molecule has 0 bridgehead atoms. The number of nitro benzene ring substituents is 1. The summed E-state index contributed by atoms with van der Waals surface area (Å²) in [5.74, 6) is 2.62. The molecule has 1 fully saturated rings. The van der Waals surface area contributed by atoms with Crippen LogP contribution in [0.25, 0.3) is 24.3 Å². The zero-order chi connectivity index (χ0) is 33.8. The molecule has 1 N–H and O–H groups in total. The number of hydrogen-bond acceptors (Lipinski definition) is 9. The van der Waals surface area contributed by atoms with Gasteiger partial charge >= 0.3 is 0 Å². The van der Waals surface area contributed by atoms with E-state index in [2.05, 4.69) is 26.8 Å². The molecule has 3 atom stereocenters. The standard InChI is InChI=1S/C37H43NO9/c1-36(2)33-21-27-17-25(20-32(44-6)35(27)47-37(33,3)16-15-34(36)39)7-8-26-18-30(45-22-42-4)29(31(19-26)46-23-43-5)14-11-24-9-12-28(13-10-24)38(40)41/h7-14,17-20,33-34,39H,15-16,21-23H2,1-6H3/b8-7+,14-11+/t33-,34-,37-/m1/s1. The molecule has 1 saturated carbocycles. The molecule has 250 valence electrons. The zero-order valence-electron chi connectivity index (χ0n) is 27.8. The average Bonchev–Trinajstić information content (AvgIpc) is 3.06. The third-order valence-electron chi connectivity index (χ3n) is 9.35. The Hall–Kier alpha value is -4.38. The molecule has 1 aliphatic heterocycles. The molecule has 0 radical (unpaired) electrons. The van der Waals surface area contributed by atoms with Crippen molar-refractivity contribution in [2.45, 2.75) is 51.7 Å². The van der Waals surface area contributed by atoms with Crippen LogP contribution in [0.4, 0.5) is 5.69 Å². The van der Waals surface area contributed by atoms with Crippen LogP contribution in [0.1, 0.15) is 61.4 Å². The first kappa shape index (κ1) is 34.0. The highest BCUT2D eigenvalue weighted by Gasteiger charge is 2.54. The van der Waals surface area contributed by atoms with Gasteiger partial charge in [-0.1, -0.05) is 32.1 Å². The molecule has 10 nitrogen and oxygen atoms in total. The third kappa shape index (κ3) is 7.30. The highest BCUT2D eigenvalue weighted by molar-refractivity contribution is 5.80. The number of methoxy groups -OCH3 is 3. The molecule has 0 amide bonds. The molecule has 3 aromatic rings. The summed E-state index contributed by atoms with van der Waals surface area (Å²) in [4.78, 5) is 10.6. The van der Waals surface area contributed by atoms with Gasteiger partial charge in [-0.25, -0.2) is 0 Å². The van der Waals surface area contributed by atoms with E-state index in [9.17, 15) is 15.2 Å². The van der Waals surface area contributed by atoms with E-state index in [1.54, 1.807) is 33.5 Å². The van der Waals surface area contributed by atoms with Crippen LogP contribution in [0.15, 0.2) is 48.5 Å². The van der Waals surface area contributed by atoms with E-state index in [1.165, 1.54) is 12.1 Å². The van der Waals surface area contributed by atoms with Crippen molar-refractivity contribution >= 4 is 30.0 Å². The van der Waals surface area contributed by atoms with Gasteiger partial charge < -0.3 is 33.5 Å². The number of nitro groups is 1. The van der Waals surface area contributed by atoms with Crippen LogP contribution in [0.3, 0.4) is 0 Å². The van der Waals surface area contributed by atoms with Gasteiger partial charge in [0.25, 0.3) is 5.69 Å². The van der Waals surface area contributed by atoms with Crippen LogP contribution < -0.4 is 18.9 Å². The first-order valence-electron chi connectivity index (χ1n) is 15.6. The molecule has 2 aliphatic rings. The molecule has 0 saturated heterocycles. The lowest BCUT2D eigenvalue weighted by atomic mass is 9.57. The lowest BCUT2D eigenvalue weighted by Crippen LogP contribution is -2.58. The van der Waals surface area contributed by atoms with Crippen molar-refractivity contribution in [2.24, 2.45) is 11.3 Å².